The van der Waals surface area contributed by atoms with Crippen molar-refractivity contribution in [2.75, 3.05) is 18.8 Å². The monoisotopic (exact) mass is 457 g/mol. The zero-order chi connectivity index (χ0) is 22.7. The van der Waals surface area contributed by atoms with Gasteiger partial charge in [0.1, 0.15) is 5.75 Å². The molecule has 33 heavy (non-hydrogen) atoms. The molecular formula is C27H27N3O2S. The van der Waals surface area contributed by atoms with E-state index in [2.05, 4.69) is 85.4 Å². The van der Waals surface area contributed by atoms with Crippen molar-refractivity contribution in [2.24, 2.45) is 5.92 Å². The third-order valence-corrected chi connectivity index (χ3v) is 8.02. The molecule has 6 rings (SSSR count). The lowest BCUT2D eigenvalue weighted by molar-refractivity contribution is 0.0440. The first-order valence-electron chi connectivity index (χ1n) is 11.3. The van der Waals surface area contributed by atoms with Crippen LogP contribution in [-0.4, -0.2) is 23.7 Å². The maximum Gasteiger partial charge on any atom is 0.171 e. The second-order valence-electron chi connectivity index (χ2n) is 9.47. The molecule has 168 valence electrons. The number of rotatable bonds is 3. The molecule has 0 spiro atoms. The van der Waals surface area contributed by atoms with Gasteiger partial charge in [-0.3, -0.25) is 4.84 Å². The number of nitrogens with one attached hydrogen (secondary N) is 1. The van der Waals surface area contributed by atoms with Gasteiger partial charge in [-0.1, -0.05) is 49.9 Å². The molecule has 1 N–H and O–H groups in total. The SMILES string of the molecule is CON1c2ccc(Sc3nc4ccc(C)cc4[nH]3)cc2C(C)(C)C2COc3ccccc3C21. The number of hydrogen-bond donors (Lipinski definition) is 1. The fourth-order valence-corrected chi connectivity index (χ4v) is 6.19. The molecule has 4 aromatic rings. The van der Waals surface area contributed by atoms with E-state index in [1.165, 1.54) is 16.7 Å². The van der Waals surface area contributed by atoms with E-state index in [-0.39, 0.29) is 17.4 Å². The van der Waals surface area contributed by atoms with Crippen molar-refractivity contribution in [3.63, 3.8) is 0 Å². The van der Waals surface area contributed by atoms with Crippen LogP contribution in [-0.2, 0) is 10.3 Å². The van der Waals surface area contributed by atoms with Crippen LogP contribution in [0, 0.1) is 12.8 Å². The van der Waals surface area contributed by atoms with Crippen molar-refractivity contribution in [1.29, 1.82) is 0 Å². The Morgan fingerprint density at radius 1 is 1.12 bits per heavy atom. The lowest BCUT2D eigenvalue weighted by Crippen LogP contribution is -2.51. The minimum absolute atomic E-state index is 0.0931. The van der Waals surface area contributed by atoms with Crippen LogP contribution in [0.3, 0.4) is 0 Å². The Hall–Kier alpha value is -2.96. The number of fused-ring (bicyclic) bond motifs is 5. The predicted octanol–water partition coefficient (Wildman–Crippen LogP) is 6.43. The van der Waals surface area contributed by atoms with Gasteiger partial charge in [0.25, 0.3) is 0 Å². The number of hydrogen-bond acceptors (Lipinski definition) is 5. The van der Waals surface area contributed by atoms with Crippen LogP contribution in [0.25, 0.3) is 11.0 Å². The molecule has 3 aromatic carbocycles. The van der Waals surface area contributed by atoms with Gasteiger partial charge < -0.3 is 9.72 Å². The molecular weight excluding hydrogens is 430 g/mol. The highest BCUT2D eigenvalue weighted by molar-refractivity contribution is 7.99. The molecule has 0 saturated heterocycles. The van der Waals surface area contributed by atoms with Gasteiger partial charge in [-0.05, 0) is 54.4 Å². The number of benzene rings is 3. The van der Waals surface area contributed by atoms with Gasteiger partial charge in [-0.2, -0.15) is 0 Å². The number of anilines is 1. The van der Waals surface area contributed by atoms with Crippen LogP contribution in [0.2, 0.25) is 0 Å². The summed E-state index contributed by atoms with van der Waals surface area (Å²) in [5, 5.41) is 2.98. The van der Waals surface area contributed by atoms with Crippen LogP contribution in [0.15, 0.2) is 70.7 Å². The third-order valence-electron chi connectivity index (χ3n) is 7.14. The maximum atomic E-state index is 6.20. The second-order valence-corrected chi connectivity index (χ2v) is 10.5. The van der Waals surface area contributed by atoms with E-state index in [4.69, 9.17) is 14.6 Å². The maximum absolute atomic E-state index is 6.20. The lowest BCUT2D eigenvalue weighted by Gasteiger charge is -2.52. The zero-order valence-corrected chi connectivity index (χ0v) is 20.1. The highest BCUT2D eigenvalue weighted by atomic mass is 32.2. The van der Waals surface area contributed by atoms with E-state index >= 15 is 0 Å². The molecule has 0 fully saturated rings. The number of imidazole rings is 1. The quantitative estimate of drug-likeness (QED) is 0.384. The lowest BCUT2D eigenvalue weighted by atomic mass is 9.65. The molecule has 2 atom stereocenters. The van der Waals surface area contributed by atoms with Crippen molar-refractivity contribution in [1.82, 2.24) is 9.97 Å². The van der Waals surface area contributed by atoms with E-state index < -0.39 is 0 Å². The highest BCUT2D eigenvalue weighted by Gasteiger charge is 2.50. The molecule has 5 nitrogen and oxygen atoms in total. The molecule has 2 aliphatic rings. The zero-order valence-electron chi connectivity index (χ0n) is 19.3. The highest BCUT2D eigenvalue weighted by Crippen LogP contribution is 2.55. The van der Waals surface area contributed by atoms with Gasteiger partial charge in [-0.15, -0.1) is 0 Å². The average molecular weight is 458 g/mol. The van der Waals surface area contributed by atoms with Crippen molar-refractivity contribution < 1.29 is 9.57 Å². The molecule has 6 heteroatoms. The number of ether oxygens (including phenoxy) is 1. The minimum atomic E-state index is -0.0931. The molecule has 0 radical (unpaired) electrons. The second kappa shape index (κ2) is 7.54. The molecule has 3 heterocycles. The summed E-state index contributed by atoms with van der Waals surface area (Å²) in [5.74, 6) is 1.21. The van der Waals surface area contributed by atoms with E-state index in [0.29, 0.717) is 6.61 Å². The topological polar surface area (TPSA) is 50.4 Å². The summed E-state index contributed by atoms with van der Waals surface area (Å²) in [6, 6.07) is 21.4. The van der Waals surface area contributed by atoms with Crippen LogP contribution in [0.1, 0.15) is 36.6 Å². The van der Waals surface area contributed by atoms with E-state index in [1.54, 1.807) is 18.9 Å². The van der Waals surface area contributed by atoms with Crippen molar-refractivity contribution in [3.05, 3.63) is 77.4 Å². The first-order valence-corrected chi connectivity index (χ1v) is 12.1. The number of aryl methyl sites for hydroxylation is 1. The molecule has 0 amide bonds. The summed E-state index contributed by atoms with van der Waals surface area (Å²) >= 11 is 1.66. The smallest absolute Gasteiger partial charge is 0.171 e. The van der Waals surface area contributed by atoms with Gasteiger partial charge >= 0.3 is 0 Å². The Labute approximate surface area is 198 Å². The average Bonchev–Trinajstić information content (AvgIpc) is 3.21. The Balaban J connectivity index is 1.41. The van der Waals surface area contributed by atoms with Gasteiger partial charge in [0, 0.05) is 21.8 Å². The largest absolute Gasteiger partial charge is 0.493 e. The number of para-hydroxylation sites is 1. The minimum Gasteiger partial charge on any atom is -0.493 e. The summed E-state index contributed by atoms with van der Waals surface area (Å²) in [6.45, 7) is 7.41. The number of aromatic amines is 1. The summed E-state index contributed by atoms with van der Waals surface area (Å²) in [5.41, 5.74) is 6.77. The Morgan fingerprint density at radius 2 is 1.97 bits per heavy atom. The molecule has 0 aliphatic carbocycles. The predicted molar refractivity (Wildman–Crippen MR) is 132 cm³/mol. The van der Waals surface area contributed by atoms with Gasteiger partial charge in [0.15, 0.2) is 5.16 Å². The Morgan fingerprint density at radius 3 is 2.82 bits per heavy atom. The molecule has 0 bridgehead atoms. The summed E-state index contributed by atoms with van der Waals surface area (Å²) in [6.07, 6.45) is 0. The van der Waals surface area contributed by atoms with Gasteiger partial charge in [-0.25, -0.2) is 10.0 Å². The van der Waals surface area contributed by atoms with Crippen molar-refractivity contribution in [3.8, 4) is 5.75 Å². The number of nitrogens with zero attached hydrogens (tertiary/aromatic N) is 2. The van der Waals surface area contributed by atoms with Crippen LogP contribution < -0.4 is 9.80 Å². The molecule has 0 saturated carbocycles. The molecule has 2 aliphatic heterocycles. The van der Waals surface area contributed by atoms with Crippen LogP contribution in [0.5, 0.6) is 5.75 Å². The number of H-pyrrole nitrogens is 1. The fourth-order valence-electron chi connectivity index (χ4n) is 5.34. The first-order chi connectivity index (χ1) is 16.0. The van der Waals surface area contributed by atoms with Crippen LogP contribution >= 0.6 is 11.8 Å². The third kappa shape index (κ3) is 3.23. The van der Waals surface area contributed by atoms with Gasteiger partial charge in [0.2, 0.25) is 0 Å². The number of aromatic nitrogens is 2. The van der Waals surface area contributed by atoms with Crippen molar-refractivity contribution in [2.45, 2.75) is 42.3 Å². The van der Waals surface area contributed by atoms with E-state index in [1.807, 2.05) is 6.07 Å². The molecule has 2 unspecified atom stereocenters. The van der Waals surface area contributed by atoms with E-state index in [0.717, 1.165) is 32.5 Å². The summed E-state index contributed by atoms with van der Waals surface area (Å²) in [4.78, 5) is 15.4. The standard InChI is InChI=1S/C27H27N3O2S/c1-16-9-11-21-22(13-16)29-26(28-21)33-17-10-12-23-19(14-17)27(2,3)20-15-32-24-8-6-5-7-18(24)25(20)30(23)31-4/h5-14,20,25H,15H2,1-4H3,(H,28,29). The molecule has 1 aromatic heterocycles. The fraction of sp³-hybridized carbons (Fsp3) is 0.296. The normalized spacial score (nSPS) is 20.7. The van der Waals surface area contributed by atoms with E-state index in [9.17, 15) is 0 Å². The number of hydroxylamine groups is 1. The Kier molecular flexibility index (Phi) is 4.71. The first kappa shape index (κ1) is 20.6. The van der Waals surface area contributed by atoms with Crippen LogP contribution in [0.4, 0.5) is 5.69 Å². The van der Waals surface area contributed by atoms with Gasteiger partial charge in [0.05, 0.1) is 36.5 Å². The summed E-state index contributed by atoms with van der Waals surface area (Å²) < 4.78 is 6.20. The Bertz CT molecular complexity index is 1360. The summed E-state index contributed by atoms with van der Waals surface area (Å²) in [7, 11) is 1.76. The van der Waals surface area contributed by atoms with Crippen molar-refractivity contribution >= 4 is 28.5 Å².